The summed E-state index contributed by atoms with van der Waals surface area (Å²) in [6.07, 6.45) is -0.338. The first-order valence-corrected chi connectivity index (χ1v) is 8.93. The van der Waals surface area contributed by atoms with Crippen LogP contribution in [-0.2, 0) is 9.47 Å². The predicted molar refractivity (Wildman–Crippen MR) is 96.3 cm³/mol. The molecular weight excluding hydrogens is 398 g/mol. The maximum Gasteiger partial charge on any atom is 0.410 e. The lowest BCUT2D eigenvalue weighted by atomic mass is 9.97. The summed E-state index contributed by atoms with van der Waals surface area (Å²) in [5.74, 6) is 0. The van der Waals surface area contributed by atoms with Crippen LogP contribution in [0.15, 0.2) is 16.7 Å². The van der Waals surface area contributed by atoms with Crippen molar-refractivity contribution in [2.45, 2.75) is 38.5 Å². The van der Waals surface area contributed by atoms with E-state index in [0.717, 1.165) is 5.56 Å². The van der Waals surface area contributed by atoms with E-state index in [4.69, 9.17) is 21.1 Å². The molecule has 0 saturated carbocycles. The summed E-state index contributed by atoms with van der Waals surface area (Å²) in [6, 6.07) is 3.36. The number of rotatable bonds is 3. The van der Waals surface area contributed by atoms with E-state index in [-0.39, 0.29) is 18.2 Å². The Labute approximate surface area is 156 Å². The summed E-state index contributed by atoms with van der Waals surface area (Å²) >= 11 is 9.44. The minimum Gasteiger partial charge on any atom is -0.444 e. The third kappa shape index (κ3) is 5.05. The lowest BCUT2D eigenvalue weighted by Crippen LogP contribution is -2.57. The smallest absolute Gasteiger partial charge is 0.410 e. The summed E-state index contributed by atoms with van der Waals surface area (Å²) in [5, 5.41) is 3.83. The summed E-state index contributed by atoms with van der Waals surface area (Å²) in [5.41, 5.74) is 0.398. The predicted octanol–water partition coefficient (Wildman–Crippen LogP) is 3.39. The van der Waals surface area contributed by atoms with E-state index in [1.165, 1.54) is 0 Å². The van der Waals surface area contributed by atoms with Crippen molar-refractivity contribution in [1.29, 1.82) is 0 Å². The number of piperazine rings is 1. The molecule has 0 aromatic carbocycles. The molecule has 1 saturated heterocycles. The monoisotopic (exact) mass is 419 g/mol. The number of carbonyl (C=O) groups excluding carboxylic acids is 1. The molecule has 8 heteroatoms. The fourth-order valence-electron chi connectivity index (χ4n) is 2.73. The number of nitrogens with zero attached hydrogens (tertiary/aromatic N) is 2. The van der Waals surface area contributed by atoms with Crippen molar-refractivity contribution >= 4 is 33.6 Å². The molecular formula is C16H23BrClN3O3. The third-order valence-corrected chi connectivity index (χ3v) is 4.21. The topological polar surface area (TPSA) is 63.7 Å². The molecule has 134 valence electrons. The number of nitrogens with one attached hydrogen (secondary N) is 1. The highest BCUT2D eigenvalue weighted by Gasteiger charge is 2.37. The molecule has 24 heavy (non-hydrogen) atoms. The van der Waals surface area contributed by atoms with Crippen molar-refractivity contribution < 1.29 is 14.3 Å². The SMILES string of the molecule is COC[C@H]1[C@H](c2cc(Cl)nc(Br)c2)NCCN1C(=O)OC(C)(C)C. The molecule has 1 amide bonds. The van der Waals surface area contributed by atoms with Crippen LogP contribution in [0.1, 0.15) is 32.4 Å². The Morgan fingerprint density at radius 3 is 2.79 bits per heavy atom. The fraction of sp³-hybridized carbons (Fsp3) is 0.625. The highest BCUT2D eigenvalue weighted by atomic mass is 79.9. The van der Waals surface area contributed by atoms with Gasteiger partial charge >= 0.3 is 6.09 Å². The Morgan fingerprint density at radius 2 is 2.21 bits per heavy atom. The largest absolute Gasteiger partial charge is 0.444 e. The quantitative estimate of drug-likeness (QED) is 0.759. The lowest BCUT2D eigenvalue weighted by molar-refractivity contribution is -0.00877. The number of halogens is 2. The molecule has 1 aromatic heterocycles. The summed E-state index contributed by atoms with van der Waals surface area (Å²) in [4.78, 5) is 18.4. The van der Waals surface area contributed by atoms with Gasteiger partial charge in [0.15, 0.2) is 0 Å². The molecule has 1 aromatic rings. The average Bonchev–Trinajstić information content (AvgIpc) is 2.44. The molecule has 1 aliphatic heterocycles. The molecule has 0 aliphatic carbocycles. The second-order valence-corrected chi connectivity index (χ2v) is 7.87. The number of pyridine rings is 1. The number of methoxy groups -OCH3 is 1. The van der Waals surface area contributed by atoms with Gasteiger partial charge in [0.05, 0.1) is 18.7 Å². The Balaban J connectivity index is 2.29. The molecule has 0 spiro atoms. The van der Waals surface area contributed by atoms with Crippen LogP contribution in [0.25, 0.3) is 0 Å². The van der Waals surface area contributed by atoms with Crippen LogP contribution < -0.4 is 5.32 Å². The summed E-state index contributed by atoms with van der Waals surface area (Å²) < 4.78 is 11.5. The van der Waals surface area contributed by atoms with E-state index < -0.39 is 5.60 Å². The molecule has 2 atom stereocenters. The Morgan fingerprint density at radius 1 is 1.50 bits per heavy atom. The standard InChI is InChI=1S/C16H23BrClN3O3/c1-16(2,3)24-15(22)21-6-5-19-14(11(21)9-23-4)10-7-12(17)20-13(18)8-10/h7-8,11,14,19H,5-6,9H2,1-4H3/t11-,14-/m0/s1. The highest BCUT2D eigenvalue weighted by molar-refractivity contribution is 9.10. The van der Waals surface area contributed by atoms with Gasteiger partial charge in [-0.3, -0.25) is 4.90 Å². The van der Waals surface area contributed by atoms with Gasteiger partial charge in [-0.1, -0.05) is 11.6 Å². The van der Waals surface area contributed by atoms with Crippen molar-refractivity contribution in [2.24, 2.45) is 0 Å². The molecule has 0 unspecified atom stereocenters. The Hall–Kier alpha value is -0.890. The first-order chi connectivity index (χ1) is 11.2. The second-order valence-electron chi connectivity index (χ2n) is 6.67. The molecule has 1 N–H and O–H groups in total. The van der Waals surface area contributed by atoms with Crippen LogP contribution in [0, 0.1) is 0 Å². The Kier molecular flexibility index (Phi) is 6.47. The van der Waals surface area contributed by atoms with Gasteiger partial charge in [0.2, 0.25) is 0 Å². The number of aromatic nitrogens is 1. The van der Waals surface area contributed by atoms with Crippen LogP contribution in [0.3, 0.4) is 0 Å². The number of amides is 1. The van der Waals surface area contributed by atoms with Gasteiger partial charge in [0, 0.05) is 20.2 Å². The molecule has 2 rings (SSSR count). The molecule has 0 radical (unpaired) electrons. The minimum absolute atomic E-state index is 0.122. The zero-order chi connectivity index (χ0) is 17.9. The van der Waals surface area contributed by atoms with Gasteiger partial charge < -0.3 is 14.8 Å². The van der Waals surface area contributed by atoms with Crippen LogP contribution in [0.2, 0.25) is 5.15 Å². The number of carbonyl (C=O) groups is 1. The zero-order valence-corrected chi connectivity index (χ0v) is 16.6. The number of hydrogen-bond donors (Lipinski definition) is 1. The van der Waals surface area contributed by atoms with Crippen molar-refractivity contribution in [1.82, 2.24) is 15.2 Å². The molecule has 2 heterocycles. The van der Waals surface area contributed by atoms with Crippen LogP contribution in [0.4, 0.5) is 4.79 Å². The van der Waals surface area contributed by atoms with Crippen molar-refractivity contribution in [3.63, 3.8) is 0 Å². The maximum absolute atomic E-state index is 12.6. The van der Waals surface area contributed by atoms with Gasteiger partial charge in [0.1, 0.15) is 15.4 Å². The van der Waals surface area contributed by atoms with Crippen LogP contribution in [-0.4, -0.2) is 54.4 Å². The Bertz CT molecular complexity index is 574. The van der Waals surface area contributed by atoms with Crippen molar-refractivity contribution in [3.8, 4) is 0 Å². The van der Waals surface area contributed by atoms with Gasteiger partial charge in [-0.05, 0) is 54.4 Å². The van der Waals surface area contributed by atoms with Crippen LogP contribution in [0.5, 0.6) is 0 Å². The summed E-state index contributed by atoms with van der Waals surface area (Å²) in [6.45, 7) is 7.16. The number of hydrogen-bond acceptors (Lipinski definition) is 5. The van der Waals surface area contributed by atoms with Crippen molar-refractivity contribution in [2.75, 3.05) is 26.8 Å². The molecule has 0 bridgehead atoms. The van der Waals surface area contributed by atoms with Gasteiger partial charge in [-0.15, -0.1) is 0 Å². The van der Waals surface area contributed by atoms with E-state index in [1.807, 2.05) is 26.8 Å². The van der Waals surface area contributed by atoms with E-state index in [9.17, 15) is 4.79 Å². The van der Waals surface area contributed by atoms with Gasteiger partial charge in [-0.2, -0.15) is 0 Å². The van der Waals surface area contributed by atoms with E-state index in [1.54, 1.807) is 18.1 Å². The number of ether oxygens (including phenoxy) is 2. The lowest BCUT2D eigenvalue weighted by Gasteiger charge is -2.42. The van der Waals surface area contributed by atoms with E-state index in [2.05, 4.69) is 26.2 Å². The molecule has 6 nitrogen and oxygen atoms in total. The third-order valence-electron chi connectivity index (χ3n) is 3.61. The average molecular weight is 421 g/mol. The molecule has 1 aliphatic rings. The second kappa shape index (κ2) is 7.99. The maximum atomic E-state index is 12.6. The van der Waals surface area contributed by atoms with Gasteiger partial charge in [0.25, 0.3) is 0 Å². The summed E-state index contributed by atoms with van der Waals surface area (Å²) in [7, 11) is 1.62. The first kappa shape index (κ1) is 19.4. The normalized spacial score (nSPS) is 21.7. The zero-order valence-electron chi connectivity index (χ0n) is 14.3. The van der Waals surface area contributed by atoms with Crippen LogP contribution >= 0.6 is 27.5 Å². The minimum atomic E-state index is -0.544. The first-order valence-electron chi connectivity index (χ1n) is 7.76. The fourth-order valence-corrected chi connectivity index (χ4v) is 3.50. The highest BCUT2D eigenvalue weighted by Crippen LogP contribution is 2.29. The van der Waals surface area contributed by atoms with E-state index in [0.29, 0.717) is 29.5 Å². The van der Waals surface area contributed by atoms with Crippen molar-refractivity contribution in [3.05, 3.63) is 27.5 Å². The molecule has 1 fully saturated rings. The van der Waals surface area contributed by atoms with E-state index >= 15 is 0 Å². The van der Waals surface area contributed by atoms with Gasteiger partial charge in [-0.25, -0.2) is 9.78 Å².